The summed E-state index contributed by atoms with van der Waals surface area (Å²) >= 11 is 0. The number of unbranched alkanes of at least 4 members (excludes halogenated alkanes) is 10. The standard InChI is InChI=1S/C27H51NO5/c1-3-4-5-6-7-8-10-13-20-28(22-23-15-17-24(29)18-16-23)21-14-11-9-12-19-27(2,25(30)31)26(32)33/h23-24,29H,3-22H2,1-2H3,(H,30,31)(H,32,33). The lowest BCUT2D eigenvalue weighted by atomic mass is 9.85. The zero-order valence-corrected chi connectivity index (χ0v) is 21.4. The molecule has 0 unspecified atom stereocenters. The fraction of sp³-hybridized carbons (Fsp3) is 0.926. The number of carbonyl (C=O) groups is 2. The summed E-state index contributed by atoms with van der Waals surface area (Å²) < 4.78 is 0. The third-order valence-corrected chi connectivity index (χ3v) is 7.51. The first kappa shape index (κ1) is 29.9. The van der Waals surface area contributed by atoms with E-state index in [2.05, 4.69) is 11.8 Å². The molecule has 0 spiro atoms. The predicted octanol–water partition coefficient (Wildman–Crippen LogP) is 6.11. The molecule has 0 aromatic rings. The second-order valence-electron chi connectivity index (χ2n) is 10.6. The summed E-state index contributed by atoms with van der Waals surface area (Å²) in [7, 11) is 0. The van der Waals surface area contributed by atoms with E-state index in [1.54, 1.807) is 0 Å². The molecule has 0 saturated heterocycles. The van der Waals surface area contributed by atoms with Crippen molar-refractivity contribution in [1.29, 1.82) is 0 Å². The molecule has 0 radical (unpaired) electrons. The molecule has 0 heterocycles. The van der Waals surface area contributed by atoms with Crippen LogP contribution in [0.4, 0.5) is 0 Å². The molecule has 0 atom stereocenters. The maximum atomic E-state index is 11.3. The summed E-state index contributed by atoms with van der Waals surface area (Å²) in [6, 6.07) is 0. The van der Waals surface area contributed by atoms with E-state index in [-0.39, 0.29) is 12.5 Å². The van der Waals surface area contributed by atoms with Crippen LogP contribution >= 0.6 is 0 Å². The van der Waals surface area contributed by atoms with Crippen LogP contribution in [0.2, 0.25) is 0 Å². The molecule has 6 heteroatoms. The maximum absolute atomic E-state index is 11.3. The Labute approximate surface area is 202 Å². The Bertz CT molecular complexity index is 517. The van der Waals surface area contributed by atoms with Gasteiger partial charge < -0.3 is 20.2 Å². The fourth-order valence-electron chi connectivity index (χ4n) is 4.93. The summed E-state index contributed by atoms with van der Waals surface area (Å²) in [6.07, 6.45) is 18.4. The molecule has 1 saturated carbocycles. The second kappa shape index (κ2) is 17.3. The van der Waals surface area contributed by atoms with Crippen LogP contribution in [0.25, 0.3) is 0 Å². The van der Waals surface area contributed by atoms with E-state index in [0.29, 0.717) is 12.3 Å². The molecule has 33 heavy (non-hydrogen) atoms. The van der Waals surface area contributed by atoms with Crippen molar-refractivity contribution in [2.24, 2.45) is 11.3 Å². The molecule has 0 aliphatic heterocycles. The van der Waals surface area contributed by atoms with Crippen LogP contribution in [0.3, 0.4) is 0 Å². The first-order valence-electron chi connectivity index (χ1n) is 13.7. The summed E-state index contributed by atoms with van der Waals surface area (Å²) in [5.74, 6) is -1.80. The van der Waals surface area contributed by atoms with E-state index >= 15 is 0 Å². The number of rotatable bonds is 20. The van der Waals surface area contributed by atoms with Crippen LogP contribution in [0.5, 0.6) is 0 Å². The Hall–Kier alpha value is -1.14. The zero-order chi connectivity index (χ0) is 24.5. The second-order valence-corrected chi connectivity index (χ2v) is 10.6. The Morgan fingerprint density at radius 1 is 0.758 bits per heavy atom. The molecule has 1 aliphatic carbocycles. The van der Waals surface area contributed by atoms with E-state index in [4.69, 9.17) is 0 Å². The van der Waals surface area contributed by atoms with Crippen LogP contribution < -0.4 is 0 Å². The average molecular weight is 470 g/mol. The Morgan fingerprint density at radius 3 is 1.70 bits per heavy atom. The van der Waals surface area contributed by atoms with E-state index in [1.165, 1.54) is 58.3 Å². The van der Waals surface area contributed by atoms with Gasteiger partial charge in [0.25, 0.3) is 0 Å². The van der Waals surface area contributed by atoms with Gasteiger partial charge in [0, 0.05) is 6.54 Å². The number of aliphatic hydroxyl groups excluding tert-OH is 1. The minimum atomic E-state index is -1.67. The monoisotopic (exact) mass is 469 g/mol. The van der Waals surface area contributed by atoms with Gasteiger partial charge in [0.05, 0.1) is 6.10 Å². The number of aliphatic carboxylic acids is 2. The van der Waals surface area contributed by atoms with Crippen molar-refractivity contribution in [3.63, 3.8) is 0 Å². The molecular formula is C27H51NO5. The van der Waals surface area contributed by atoms with Gasteiger partial charge in [0.1, 0.15) is 0 Å². The summed E-state index contributed by atoms with van der Waals surface area (Å²) in [5.41, 5.74) is -1.67. The number of hydrogen-bond donors (Lipinski definition) is 3. The van der Waals surface area contributed by atoms with Crippen molar-refractivity contribution < 1.29 is 24.9 Å². The smallest absolute Gasteiger partial charge is 0.320 e. The van der Waals surface area contributed by atoms with Gasteiger partial charge >= 0.3 is 11.9 Å². The van der Waals surface area contributed by atoms with E-state index in [9.17, 15) is 24.9 Å². The lowest BCUT2D eigenvalue weighted by molar-refractivity contribution is -0.163. The first-order valence-corrected chi connectivity index (χ1v) is 13.7. The average Bonchev–Trinajstić information content (AvgIpc) is 2.78. The maximum Gasteiger partial charge on any atom is 0.320 e. The van der Waals surface area contributed by atoms with Crippen molar-refractivity contribution >= 4 is 11.9 Å². The SMILES string of the molecule is CCCCCCCCCCN(CCCCCCC(C)(C(=O)O)C(=O)O)CC1CCC(O)CC1. The molecule has 1 aliphatic rings. The number of hydrogen-bond acceptors (Lipinski definition) is 4. The minimum Gasteiger partial charge on any atom is -0.480 e. The lowest BCUT2D eigenvalue weighted by Crippen LogP contribution is -2.36. The molecular weight excluding hydrogens is 418 g/mol. The Morgan fingerprint density at radius 2 is 1.21 bits per heavy atom. The van der Waals surface area contributed by atoms with Gasteiger partial charge in [0.15, 0.2) is 5.41 Å². The molecule has 194 valence electrons. The van der Waals surface area contributed by atoms with Crippen molar-refractivity contribution in [3.05, 3.63) is 0 Å². The van der Waals surface area contributed by atoms with Gasteiger partial charge in [-0.05, 0) is 70.9 Å². The quantitative estimate of drug-likeness (QED) is 0.147. The van der Waals surface area contributed by atoms with Gasteiger partial charge in [-0.25, -0.2) is 0 Å². The molecule has 6 nitrogen and oxygen atoms in total. The largest absolute Gasteiger partial charge is 0.480 e. The molecule has 0 amide bonds. The zero-order valence-electron chi connectivity index (χ0n) is 21.4. The van der Waals surface area contributed by atoms with Crippen molar-refractivity contribution in [1.82, 2.24) is 4.90 Å². The fourth-order valence-corrected chi connectivity index (χ4v) is 4.93. The van der Waals surface area contributed by atoms with Gasteiger partial charge in [-0.15, -0.1) is 0 Å². The Kier molecular flexibility index (Phi) is 15.7. The topological polar surface area (TPSA) is 98.1 Å². The third-order valence-electron chi connectivity index (χ3n) is 7.51. The van der Waals surface area contributed by atoms with Crippen molar-refractivity contribution in [2.45, 2.75) is 129 Å². The van der Waals surface area contributed by atoms with Gasteiger partial charge in [-0.3, -0.25) is 9.59 Å². The van der Waals surface area contributed by atoms with Crippen LogP contribution in [0, 0.1) is 11.3 Å². The highest BCUT2D eigenvalue weighted by Gasteiger charge is 2.40. The molecule has 0 aromatic carbocycles. The van der Waals surface area contributed by atoms with Crippen LogP contribution in [-0.2, 0) is 9.59 Å². The van der Waals surface area contributed by atoms with Crippen molar-refractivity contribution in [3.8, 4) is 0 Å². The van der Waals surface area contributed by atoms with E-state index < -0.39 is 17.4 Å². The van der Waals surface area contributed by atoms with Crippen LogP contribution in [0.1, 0.15) is 123 Å². The molecule has 3 N–H and O–H groups in total. The number of carboxylic acids is 2. The highest BCUT2D eigenvalue weighted by molar-refractivity contribution is 5.97. The number of nitrogens with zero attached hydrogens (tertiary/aromatic N) is 1. The molecule has 1 rings (SSSR count). The normalized spacial score (nSPS) is 19.2. The lowest BCUT2D eigenvalue weighted by Gasteiger charge is -2.31. The predicted molar refractivity (Wildman–Crippen MR) is 133 cm³/mol. The molecule has 1 fully saturated rings. The van der Waals surface area contributed by atoms with Crippen LogP contribution in [-0.4, -0.2) is 57.9 Å². The van der Waals surface area contributed by atoms with Gasteiger partial charge in [-0.2, -0.15) is 0 Å². The first-order chi connectivity index (χ1) is 15.8. The van der Waals surface area contributed by atoms with Gasteiger partial charge in [-0.1, -0.05) is 71.1 Å². The third kappa shape index (κ3) is 12.8. The van der Waals surface area contributed by atoms with E-state index in [1.807, 2.05) is 0 Å². The molecule has 0 aromatic heterocycles. The van der Waals surface area contributed by atoms with Crippen LogP contribution in [0.15, 0.2) is 0 Å². The highest BCUT2D eigenvalue weighted by Crippen LogP contribution is 2.27. The van der Waals surface area contributed by atoms with Gasteiger partial charge in [0.2, 0.25) is 0 Å². The summed E-state index contributed by atoms with van der Waals surface area (Å²) in [6.45, 7) is 6.89. The summed E-state index contributed by atoms with van der Waals surface area (Å²) in [4.78, 5) is 25.2. The number of aliphatic hydroxyl groups is 1. The van der Waals surface area contributed by atoms with Crippen molar-refractivity contribution in [2.75, 3.05) is 19.6 Å². The molecule has 0 bridgehead atoms. The minimum absolute atomic E-state index is 0.107. The highest BCUT2D eigenvalue weighted by atomic mass is 16.4. The Balaban J connectivity index is 2.31. The summed E-state index contributed by atoms with van der Waals surface area (Å²) in [5, 5.41) is 28.2. The van der Waals surface area contributed by atoms with E-state index in [0.717, 1.165) is 64.6 Å². The number of carboxylic acid groups (broad SMARTS) is 2.